The Morgan fingerprint density at radius 3 is 2.38 bits per heavy atom. The molecule has 1 fully saturated rings. The van der Waals surface area contributed by atoms with Crippen LogP contribution in [-0.2, 0) is 6.54 Å². The zero-order chi connectivity index (χ0) is 23.3. The van der Waals surface area contributed by atoms with Crippen molar-refractivity contribution in [3.8, 4) is 6.07 Å². The minimum absolute atomic E-state index is 0.0193. The normalized spacial score (nSPS) is 14.2. The van der Waals surface area contributed by atoms with Gasteiger partial charge in [0.2, 0.25) is 5.82 Å². The van der Waals surface area contributed by atoms with E-state index in [0.29, 0.717) is 28.5 Å². The van der Waals surface area contributed by atoms with E-state index in [1.165, 1.54) is 6.20 Å². The summed E-state index contributed by atoms with van der Waals surface area (Å²) in [6, 6.07) is 10.6. The van der Waals surface area contributed by atoms with Gasteiger partial charge in [0, 0.05) is 24.2 Å². The molecule has 0 aliphatic heterocycles. The Kier molecular flexibility index (Phi) is 8.05. The summed E-state index contributed by atoms with van der Waals surface area (Å²) in [5.41, 5.74) is 4.70. The van der Waals surface area contributed by atoms with Crippen LogP contribution in [0.3, 0.4) is 0 Å². The molecule has 0 unspecified atom stereocenters. The molecule has 7 nitrogen and oxygen atoms in total. The molecule has 170 valence electrons. The quantitative estimate of drug-likeness (QED) is 0.581. The maximum Gasteiger partial charge on any atom is 0.269 e. The molecule has 1 aromatic carbocycles. The van der Waals surface area contributed by atoms with Gasteiger partial charge in [-0.2, -0.15) is 10.2 Å². The first-order chi connectivity index (χ1) is 15.3. The number of benzene rings is 1. The van der Waals surface area contributed by atoms with Crippen molar-refractivity contribution in [1.29, 1.82) is 5.26 Å². The Morgan fingerprint density at radius 1 is 1.19 bits per heavy atom. The van der Waals surface area contributed by atoms with Gasteiger partial charge in [-0.1, -0.05) is 36.6 Å². The predicted octanol–water partition coefficient (Wildman–Crippen LogP) is 4.71. The highest BCUT2D eigenvalue weighted by atomic mass is 35.5. The summed E-state index contributed by atoms with van der Waals surface area (Å²) >= 11 is 6.34. The van der Waals surface area contributed by atoms with Gasteiger partial charge in [-0.25, -0.2) is 4.98 Å². The number of hydrogen-bond acceptors (Lipinski definition) is 6. The topological polar surface area (TPSA) is 85.2 Å². The van der Waals surface area contributed by atoms with E-state index in [2.05, 4.69) is 48.0 Å². The maximum atomic E-state index is 13.1. The summed E-state index contributed by atoms with van der Waals surface area (Å²) in [7, 11) is 0. The van der Waals surface area contributed by atoms with Crippen molar-refractivity contribution < 1.29 is 4.79 Å². The van der Waals surface area contributed by atoms with E-state index in [9.17, 15) is 10.1 Å². The maximum absolute atomic E-state index is 13.1. The van der Waals surface area contributed by atoms with E-state index in [1.54, 1.807) is 5.01 Å². The first kappa shape index (κ1) is 24.0. The van der Waals surface area contributed by atoms with Gasteiger partial charge in [0.1, 0.15) is 11.1 Å². The molecule has 1 heterocycles. The van der Waals surface area contributed by atoms with E-state index < -0.39 is 0 Å². The van der Waals surface area contributed by atoms with E-state index in [4.69, 9.17) is 11.6 Å². The molecular weight excluding hydrogens is 424 g/mol. The third-order valence-electron chi connectivity index (χ3n) is 5.87. The van der Waals surface area contributed by atoms with Gasteiger partial charge < -0.3 is 0 Å². The highest BCUT2D eigenvalue weighted by Gasteiger charge is 2.28. The number of nitrogens with zero attached hydrogens (tertiary/aromatic N) is 5. The molecule has 1 saturated carbocycles. The van der Waals surface area contributed by atoms with Crippen molar-refractivity contribution in [2.75, 3.05) is 5.01 Å². The first-order valence-corrected chi connectivity index (χ1v) is 11.6. The third-order valence-corrected chi connectivity index (χ3v) is 6.14. The summed E-state index contributed by atoms with van der Waals surface area (Å²) in [5.74, 6) is 0.145. The fourth-order valence-corrected chi connectivity index (χ4v) is 4.35. The Morgan fingerprint density at radius 2 is 1.81 bits per heavy atom. The number of amides is 1. The van der Waals surface area contributed by atoms with E-state index in [-0.39, 0.29) is 17.8 Å². The van der Waals surface area contributed by atoms with Crippen molar-refractivity contribution in [2.24, 2.45) is 0 Å². The molecule has 1 N–H and O–H groups in total. The number of halogens is 1. The zero-order valence-corrected chi connectivity index (χ0v) is 19.9. The van der Waals surface area contributed by atoms with E-state index in [0.717, 1.165) is 37.8 Å². The van der Waals surface area contributed by atoms with Crippen LogP contribution in [0.25, 0.3) is 0 Å². The number of anilines is 1. The minimum Gasteiger partial charge on any atom is -0.294 e. The number of rotatable bonds is 8. The van der Waals surface area contributed by atoms with Crippen molar-refractivity contribution in [3.05, 3.63) is 52.4 Å². The molecular formula is C24H31ClN6O. The van der Waals surface area contributed by atoms with Crippen LogP contribution in [0.5, 0.6) is 0 Å². The van der Waals surface area contributed by atoms with Gasteiger partial charge in [0.15, 0.2) is 5.82 Å². The van der Waals surface area contributed by atoms with Crippen molar-refractivity contribution in [2.45, 2.75) is 78.0 Å². The van der Waals surface area contributed by atoms with E-state index in [1.807, 2.05) is 30.3 Å². The lowest BCUT2D eigenvalue weighted by Gasteiger charge is -2.31. The van der Waals surface area contributed by atoms with Crippen LogP contribution in [0.2, 0.25) is 5.02 Å². The second-order valence-electron chi connectivity index (χ2n) is 8.78. The van der Waals surface area contributed by atoms with Gasteiger partial charge in [-0.3, -0.25) is 20.1 Å². The fourth-order valence-electron chi connectivity index (χ4n) is 4.17. The van der Waals surface area contributed by atoms with Crippen LogP contribution in [0.1, 0.15) is 75.1 Å². The third kappa shape index (κ3) is 5.76. The highest BCUT2D eigenvalue weighted by molar-refractivity contribution is 6.32. The fraction of sp³-hybridized carbons (Fsp3) is 0.500. The molecule has 1 aliphatic rings. The molecule has 0 spiro atoms. The second kappa shape index (κ2) is 10.8. The summed E-state index contributed by atoms with van der Waals surface area (Å²) in [6.45, 7) is 9.59. The van der Waals surface area contributed by atoms with Crippen LogP contribution >= 0.6 is 11.6 Å². The Bertz CT molecular complexity index is 955. The monoisotopic (exact) mass is 454 g/mol. The number of carbonyl (C=O) groups excluding carboxylic acids is 1. The summed E-state index contributed by atoms with van der Waals surface area (Å²) in [4.78, 5) is 23.7. The Balaban J connectivity index is 1.79. The average molecular weight is 455 g/mol. The van der Waals surface area contributed by atoms with Crippen LogP contribution < -0.4 is 10.4 Å². The van der Waals surface area contributed by atoms with Gasteiger partial charge in [0.25, 0.3) is 5.91 Å². The highest BCUT2D eigenvalue weighted by Crippen LogP contribution is 2.30. The molecule has 0 radical (unpaired) electrons. The van der Waals surface area contributed by atoms with Gasteiger partial charge in [-0.15, -0.1) is 0 Å². The van der Waals surface area contributed by atoms with Gasteiger partial charge in [-0.05, 0) is 58.2 Å². The predicted molar refractivity (Wildman–Crippen MR) is 126 cm³/mol. The number of hydrazine groups is 1. The molecule has 8 heteroatoms. The molecule has 32 heavy (non-hydrogen) atoms. The zero-order valence-electron chi connectivity index (χ0n) is 19.2. The Labute approximate surface area is 195 Å². The largest absolute Gasteiger partial charge is 0.294 e. The van der Waals surface area contributed by atoms with Crippen LogP contribution in [0.15, 0.2) is 30.5 Å². The number of aromatic nitrogens is 2. The lowest BCUT2D eigenvalue weighted by Crippen LogP contribution is -2.48. The van der Waals surface area contributed by atoms with E-state index >= 15 is 0 Å². The standard InChI is InChI=1S/C24H31ClN6O/c1-16(2)30(17(3)4)15-18-9-11-19(12-10-18)24(32)29-31(20-7-5-6-8-20)23-21(25)14-27-22(13-26)28-23/h9-12,14,16-17,20H,5-8,15H2,1-4H3,(H,29,32). The van der Waals surface area contributed by atoms with Gasteiger partial charge in [0.05, 0.1) is 12.2 Å². The second-order valence-corrected chi connectivity index (χ2v) is 9.19. The number of hydrogen-bond donors (Lipinski definition) is 1. The summed E-state index contributed by atoms with van der Waals surface area (Å²) < 4.78 is 0. The summed E-state index contributed by atoms with van der Waals surface area (Å²) in [5, 5.41) is 11.2. The molecule has 0 bridgehead atoms. The Hall–Kier alpha value is -2.69. The van der Waals surface area contributed by atoms with Crippen molar-refractivity contribution in [3.63, 3.8) is 0 Å². The number of nitriles is 1. The molecule has 1 amide bonds. The lowest BCUT2D eigenvalue weighted by molar-refractivity contribution is 0.0943. The van der Waals surface area contributed by atoms with Crippen molar-refractivity contribution >= 4 is 23.3 Å². The van der Waals surface area contributed by atoms with Crippen LogP contribution in [0.4, 0.5) is 5.82 Å². The molecule has 1 aliphatic carbocycles. The lowest BCUT2D eigenvalue weighted by atomic mass is 10.1. The summed E-state index contributed by atoms with van der Waals surface area (Å²) in [6.07, 6.45) is 5.38. The number of carbonyl (C=O) groups is 1. The van der Waals surface area contributed by atoms with Crippen molar-refractivity contribution in [1.82, 2.24) is 20.3 Å². The smallest absolute Gasteiger partial charge is 0.269 e. The molecule has 1 aromatic heterocycles. The van der Waals surface area contributed by atoms with Crippen LogP contribution in [-0.4, -0.2) is 38.9 Å². The first-order valence-electron chi connectivity index (χ1n) is 11.2. The molecule has 0 atom stereocenters. The molecule has 0 saturated heterocycles. The van der Waals surface area contributed by atoms with Gasteiger partial charge >= 0.3 is 0 Å². The van der Waals surface area contributed by atoms with Crippen LogP contribution in [0, 0.1) is 11.3 Å². The molecule has 3 rings (SSSR count). The minimum atomic E-state index is -0.235. The number of nitrogens with one attached hydrogen (secondary N) is 1. The SMILES string of the molecule is CC(C)N(Cc1ccc(C(=O)NN(c2nc(C#N)ncc2Cl)C2CCCC2)cc1)C(C)C. The molecule has 2 aromatic rings. The average Bonchev–Trinajstić information content (AvgIpc) is 3.31.